The van der Waals surface area contributed by atoms with E-state index in [9.17, 15) is 0 Å². The molecule has 0 saturated heterocycles. The molecule has 19 heavy (non-hydrogen) atoms. The smallest absolute Gasteiger partial charge is 0.323 e. The Morgan fingerprint density at radius 3 is 2.47 bits per heavy atom. The van der Waals surface area contributed by atoms with Crippen LogP contribution in [0.25, 0.3) is 0 Å². The lowest BCUT2D eigenvalue weighted by Gasteiger charge is -2.12. The fraction of sp³-hybridized carbons (Fsp3) is 0.308. The van der Waals surface area contributed by atoms with Crippen molar-refractivity contribution in [3.05, 3.63) is 35.9 Å². The largest absolute Gasteiger partial charge is 0.458 e. The van der Waals surface area contributed by atoms with Crippen molar-refractivity contribution in [2.75, 3.05) is 31.4 Å². The third-order valence-corrected chi connectivity index (χ3v) is 2.44. The lowest BCUT2D eigenvalue weighted by Crippen LogP contribution is -2.15. The van der Waals surface area contributed by atoms with Gasteiger partial charge in [0.05, 0.1) is 0 Å². The second-order valence-electron chi connectivity index (χ2n) is 4.16. The number of anilines is 2. The molecular weight excluding hydrogens is 242 g/mol. The summed E-state index contributed by atoms with van der Waals surface area (Å²) in [4.78, 5) is 14.4. The van der Waals surface area contributed by atoms with Crippen molar-refractivity contribution in [2.24, 2.45) is 0 Å². The van der Waals surface area contributed by atoms with E-state index in [0.29, 0.717) is 24.5 Å². The summed E-state index contributed by atoms with van der Waals surface area (Å²) in [5.41, 5.74) is 1.07. The Labute approximate surface area is 112 Å². The first-order valence-corrected chi connectivity index (χ1v) is 5.97. The van der Waals surface area contributed by atoms with E-state index in [4.69, 9.17) is 4.74 Å². The Morgan fingerprint density at radius 2 is 1.84 bits per heavy atom. The fourth-order valence-corrected chi connectivity index (χ4v) is 1.44. The van der Waals surface area contributed by atoms with Gasteiger partial charge in [0.25, 0.3) is 0 Å². The molecular formula is C13H17N5O. The molecule has 0 amide bonds. The molecule has 0 unspecified atom stereocenters. The lowest BCUT2D eigenvalue weighted by atomic mass is 10.2. The molecule has 2 aromatic rings. The predicted molar refractivity (Wildman–Crippen MR) is 74.5 cm³/mol. The summed E-state index contributed by atoms with van der Waals surface area (Å²) in [6, 6.07) is 10.2. The van der Waals surface area contributed by atoms with Crippen LogP contribution in [0.3, 0.4) is 0 Å². The van der Waals surface area contributed by atoms with E-state index in [1.165, 1.54) is 0 Å². The molecule has 1 aromatic heterocycles. The van der Waals surface area contributed by atoms with E-state index < -0.39 is 0 Å². The van der Waals surface area contributed by atoms with E-state index in [-0.39, 0.29) is 0 Å². The van der Waals surface area contributed by atoms with E-state index in [1.807, 2.05) is 44.4 Å². The molecule has 2 rings (SSSR count). The summed E-state index contributed by atoms with van der Waals surface area (Å²) in [5, 5.41) is 2.89. The molecule has 1 N–H and O–H groups in total. The molecule has 6 nitrogen and oxygen atoms in total. The highest BCUT2D eigenvalue weighted by atomic mass is 16.5. The Balaban J connectivity index is 2.13. The predicted octanol–water partition coefficient (Wildman–Crippen LogP) is 1.56. The van der Waals surface area contributed by atoms with Gasteiger partial charge in [-0.1, -0.05) is 30.3 Å². The molecule has 1 aromatic carbocycles. The maximum atomic E-state index is 5.60. The molecule has 0 spiro atoms. The van der Waals surface area contributed by atoms with Crippen molar-refractivity contribution >= 4 is 11.9 Å². The zero-order chi connectivity index (χ0) is 13.7. The highest BCUT2D eigenvalue weighted by Gasteiger charge is 2.08. The Bertz CT molecular complexity index is 530. The maximum absolute atomic E-state index is 5.60. The van der Waals surface area contributed by atoms with Gasteiger partial charge < -0.3 is 15.0 Å². The van der Waals surface area contributed by atoms with Gasteiger partial charge in [0.2, 0.25) is 11.9 Å². The maximum Gasteiger partial charge on any atom is 0.323 e. The van der Waals surface area contributed by atoms with Gasteiger partial charge in [-0.15, -0.1) is 0 Å². The van der Waals surface area contributed by atoms with Gasteiger partial charge in [0.15, 0.2) is 0 Å². The van der Waals surface area contributed by atoms with Gasteiger partial charge in [0.1, 0.15) is 6.61 Å². The molecule has 6 heteroatoms. The molecule has 0 aliphatic rings. The van der Waals surface area contributed by atoms with Crippen molar-refractivity contribution in [3.63, 3.8) is 0 Å². The second-order valence-corrected chi connectivity index (χ2v) is 4.16. The minimum atomic E-state index is 0.312. The number of nitrogens with zero attached hydrogens (tertiary/aromatic N) is 4. The quantitative estimate of drug-likeness (QED) is 0.879. The highest BCUT2D eigenvalue weighted by molar-refractivity contribution is 5.36. The van der Waals surface area contributed by atoms with E-state index in [0.717, 1.165) is 5.56 Å². The van der Waals surface area contributed by atoms with Crippen molar-refractivity contribution in [2.45, 2.75) is 6.61 Å². The van der Waals surface area contributed by atoms with Crippen molar-refractivity contribution in [1.29, 1.82) is 0 Å². The van der Waals surface area contributed by atoms with Gasteiger partial charge in [-0.3, -0.25) is 0 Å². The summed E-state index contributed by atoms with van der Waals surface area (Å²) >= 11 is 0. The average Bonchev–Trinajstić information content (AvgIpc) is 2.45. The Kier molecular flexibility index (Phi) is 4.12. The standard InChI is InChI=1S/C13H17N5O/c1-14-11-15-12(18(2)3)17-13(16-11)19-9-10-7-5-4-6-8-10/h4-8H,9H2,1-3H3,(H,14,15,16,17). The van der Waals surface area contributed by atoms with Crippen molar-refractivity contribution < 1.29 is 4.74 Å². The monoisotopic (exact) mass is 259 g/mol. The van der Waals surface area contributed by atoms with Crippen LogP contribution >= 0.6 is 0 Å². The first-order chi connectivity index (χ1) is 9.19. The SMILES string of the molecule is CNc1nc(OCc2ccccc2)nc(N(C)C)n1. The molecule has 1 heterocycles. The number of ether oxygens (including phenoxy) is 1. The molecule has 0 fully saturated rings. The van der Waals surface area contributed by atoms with E-state index in [1.54, 1.807) is 11.9 Å². The minimum absolute atomic E-state index is 0.312. The van der Waals surface area contributed by atoms with Crippen LogP contribution in [0.4, 0.5) is 11.9 Å². The van der Waals surface area contributed by atoms with Crippen molar-refractivity contribution in [1.82, 2.24) is 15.0 Å². The van der Waals surface area contributed by atoms with Gasteiger partial charge in [-0.25, -0.2) is 0 Å². The van der Waals surface area contributed by atoms with Crippen LogP contribution in [0, 0.1) is 0 Å². The number of hydrogen-bond donors (Lipinski definition) is 1. The van der Waals surface area contributed by atoms with Gasteiger partial charge in [0, 0.05) is 21.1 Å². The summed E-state index contributed by atoms with van der Waals surface area (Å²) in [6.45, 7) is 0.431. The summed E-state index contributed by atoms with van der Waals surface area (Å²) in [6.07, 6.45) is 0. The van der Waals surface area contributed by atoms with Crippen LogP contribution in [0.1, 0.15) is 5.56 Å². The molecule has 100 valence electrons. The zero-order valence-electron chi connectivity index (χ0n) is 11.3. The summed E-state index contributed by atoms with van der Waals surface area (Å²) in [5.74, 6) is 1.05. The molecule has 0 atom stereocenters. The topological polar surface area (TPSA) is 63.2 Å². The third-order valence-electron chi connectivity index (χ3n) is 2.44. The molecule has 0 saturated carbocycles. The van der Waals surface area contributed by atoms with E-state index >= 15 is 0 Å². The first kappa shape index (κ1) is 13.1. The van der Waals surface area contributed by atoms with Gasteiger partial charge >= 0.3 is 6.01 Å². The molecule has 0 bridgehead atoms. The average molecular weight is 259 g/mol. The normalized spacial score (nSPS) is 10.1. The summed E-state index contributed by atoms with van der Waals surface area (Å²) < 4.78 is 5.60. The Morgan fingerprint density at radius 1 is 1.11 bits per heavy atom. The number of rotatable bonds is 5. The van der Waals surface area contributed by atoms with Crippen LogP contribution in [-0.2, 0) is 6.61 Å². The van der Waals surface area contributed by atoms with Crippen molar-refractivity contribution in [3.8, 4) is 6.01 Å². The number of benzene rings is 1. The van der Waals surface area contributed by atoms with Crippen LogP contribution in [0.5, 0.6) is 6.01 Å². The number of hydrogen-bond acceptors (Lipinski definition) is 6. The van der Waals surface area contributed by atoms with E-state index in [2.05, 4.69) is 20.3 Å². The van der Waals surface area contributed by atoms with Crippen LogP contribution < -0.4 is 15.0 Å². The van der Waals surface area contributed by atoms with Crippen LogP contribution in [-0.4, -0.2) is 36.1 Å². The van der Waals surface area contributed by atoms with Crippen LogP contribution in [0.2, 0.25) is 0 Å². The summed E-state index contributed by atoms with van der Waals surface area (Å²) in [7, 11) is 5.50. The highest BCUT2D eigenvalue weighted by Crippen LogP contribution is 2.14. The Hall–Kier alpha value is -2.37. The van der Waals surface area contributed by atoms with Gasteiger partial charge in [-0.05, 0) is 5.56 Å². The lowest BCUT2D eigenvalue weighted by molar-refractivity contribution is 0.280. The number of nitrogens with one attached hydrogen (secondary N) is 1. The third kappa shape index (κ3) is 3.54. The first-order valence-electron chi connectivity index (χ1n) is 5.97. The minimum Gasteiger partial charge on any atom is -0.458 e. The zero-order valence-corrected chi connectivity index (χ0v) is 11.3. The molecule has 0 radical (unpaired) electrons. The fourth-order valence-electron chi connectivity index (χ4n) is 1.44. The molecule has 0 aliphatic carbocycles. The van der Waals surface area contributed by atoms with Crippen LogP contribution in [0.15, 0.2) is 30.3 Å². The number of aromatic nitrogens is 3. The second kappa shape index (κ2) is 5.99. The molecule has 0 aliphatic heterocycles. The van der Waals surface area contributed by atoms with Gasteiger partial charge in [-0.2, -0.15) is 15.0 Å².